The molecule has 0 aromatic rings. The molecule has 0 radical (unpaired) electrons. The predicted octanol–water partition coefficient (Wildman–Crippen LogP) is 4.02. The minimum atomic E-state index is -0.106. The van der Waals surface area contributed by atoms with Gasteiger partial charge in [-0.15, -0.1) is 0 Å². The fraction of sp³-hybridized carbons (Fsp3) is 0.889. The van der Waals surface area contributed by atoms with Gasteiger partial charge in [0.05, 0.1) is 11.7 Å². The molecule has 4 atom stereocenters. The summed E-state index contributed by atoms with van der Waals surface area (Å²) < 4.78 is 6.35. The van der Waals surface area contributed by atoms with Crippen molar-refractivity contribution in [2.45, 2.75) is 72.6 Å². The molecule has 1 N–H and O–H groups in total. The lowest BCUT2D eigenvalue weighted by atomic mass is 9.60. The fourth-order valence-electron chi connectivity index (χ4n) is 3.72. The van der Waals surface area contributed by atoms with Gasteiger partial charge in [0.15, 0.2) is 0 Å². The maximum absolute atomic E-state index is 6.35. The molecule has 116 valence electrons. The van der Waals surface area contributed by atoms with Crippen molar-refractivity contribution in [3.63, 3.8) is 0 Å². The largest absolute Gasteiger partial charge is 0.368 e. The third-order valence-corrected chi connectivity index (χ3v) is 5.39. The Balaban J connectivity index is 2.23. The summed E-state index contributed by atoms with van der Waals surface area (Å²) in [6.07, 6.45) is 6.21. The first-order chi connectivity index (χ1) is 9.13. The maximum atomic E-state index is 6.35. The molecular weight excluding hydrogens is 246 g/mol. The standard InChI is InChI=1S/C18H33NO/c1-12(2)11-19-16-14-8-9-17(4,5)20-15(14)10-13(3)18(16,6)7/h8-9,12-16,19H,10-11H2,1-7H3/t13?,14?,15?,16-/m1/s1. The molecule has 1 heterocycles. The van der Waals surface area contributed by atoms with Gasteiger partial charge in [0.1, 0.15) is 0 Å². The maximum Gasteiger partial charge on any atom is 0.0810 e. The average molecular weight is 279 g/mol. The highest BCUT2D eigenvalue weighted by Gasteiger charge is 2.49. The highest BCUT2D eigenvalue weighted by atomic mass is 16.5. The number of hydrogen-bond donors (Lipinski definition) is 1. The summed E-state index contributed by atoms with van der Waals surface area (Å²) in [5.74, 6) is 1.87. The van der Waals surface area contributed by atoms with E-state index in [4.69, 9.17) is 4.74 Å². The first kappa shape index (κ1) is 16.0. The van der Waals surface area contributed by atoms with Crippen LogP contribution in [-0.2, 0) is 4.74 Å². The Morgan fingerprint density at radius 2 is 1.90 bits per heavy atom. The minimum absolute atomic E-state index is 0.106. The Labute approximate surface area is 125 Å². The van der Waals surface area contributed by atoms with Crippen LogP contribution in [0.1, 0.15) is 54.9 Å². The number of rotatable bonds is 3. The van der Waals surface area contributed by atoms with Gasteiger partial charge in [0, 0.05) is 12.0 Å². The van der Waals surface area contributed by atoms with Crippen LogP contribution in [0.25, 0.3) is 0 Å². The third kappa shape index (κ3) is 3.12. The SMILES string of the molecule is CC(C)CN[C@@H]1C2C=CC(C)(C)OC2CC(C)C1(C)C. The van der Waals surface area contributed by atoms with E-state index in [1.54, 1.807) is 0 Å². The lowest BCUT2D eigenvalue weighted by Crippen LogP contribution is -2.60. The van der Waals surface area contributed by atoms with Crippen LogP contribution in [0.2, 0.25) is 0 Å². The topological polar surface area (TPSA) is 21.3 Å². The third-order valence-electron chi connectivity index (χ3n) is 5.39. The summed E-state index contributed by atoms with van der Waals surface area (Å²) in [5, 5.41) is 3.84. The number of nitrogens with one attached hydrogen (secondary N) is 1. The van der Waals surface area contributed by atoms with Crippen molar-refractivity contribution < 1.29 is 4.74 Å². The quantitative estimate of drug-likeness (QED) is 0.788. The van der Waals surface area contributed by atoms with E-state index in [1.807, 2.05) is 0 Å². The number of hydrogen-bond acceptors (Lipinski definition) is 2. The minimum Gasteiger partial charge on any atom is -0.368 e. The van der Waals surface area contributed by atoms with Crippen molar-refractivity contribution in [1.29, 1.82) is 0 Å². The molecule has 2 heteroatoms. The Hall–Kier alpha value is -0.340. The molecule has 0 bridgehead atoms. The Morgan fingerprint density at radius 3 is 2.50 bits per heavy atom. The zero-order chi connectivity index (χ0) is 15.1. The van der Waals surface area contributed by atoms with Crippen LogP contribution in [0.4, 0.5) is 0 Å². The molecule has 0 saturated heterocycles. The van der Waals surface area contributed by atoms with Gasteiger partial charge in [-0.05, 0) is 44.1 Å². The fourth-order valence-corrected chi connectivity index (χ4v) is 3.72. The van der Waals surface area contributed by atoms with Crippen LogP contribution in [0, 0.1) is 23.2 Å². The molecule has 20 heavy (non-hydrogen) atoms. The van der Waals surface area contributed by atoms with E-state index in [-0.39, 0.29) is 5.60 Å². The van der Waals surface area contributed by atoms with Gasteiger partial charge in [-0.25, -0.2) is 0 Å². The zero-order valence-corrected chi connectivity index (χ0v) is 14.4. The van der Waals surface area contributed by atoms with Crippen LogP contribution in [0.15, 0.2) is 12.2 Å². The second-order valence-corrected chi connectivity index (χ2v) is 8.43. The second kappa shape index (κ2) is 5.46. The van der Waals surface area contributed by atoms with Gasteiger partial charge in [-0.3, -0.25) is 0 Å². The van der Waals surface area contributed by atoms with Crippen molar-refractivity contribution in [3.05, 3.63) is 12.2 Å². The van der Waals surface area contributed by atoms with Crippen molar-refractivity contribution in [3.8, 4) is 0 Å². The average Bonchev–Trinajstić information content (AvgIpc) is 2.29. The van der Waals surface area contributed by atoms with Gasteiger partial charge in [0.25, 0.3) is 0 Å². The lowest BCUT2D eigenvalue weighted by molar-refractivity contribution is -0.126. The van der Waals surface area contributed by atoms with Crippen LogP contribution in [0.3, 0.4) is 0 Å². The lowest BCUT2D eigenvalue weighted by Gasteiger charge is -2.54. The molecule has 3 unspecified atom stereocenters. The number of fused-ring (bicyclic) bond motifs is 1. The first-order valence-electron chi connectivity index (χ1n) is 8.24. The molecule has 1 aliphatic heterocycles. The Morgan fingerprint density at radius 1 is 1.25 bits per heavy atom. The van der Waals surface area contributed by atoms with Crippen molar-refractivity contribution in [1.82, 2.24) is 5.32 Å². The molecule has 0 aromatic carbocycles. The van der Waals surface area contributed by atoms with E-state index in [1.165, 1.54) is 6.42 Å². The van der Waals surface area contributed by atoms with E-state index in [0.29, 0.717) is 35.3 Å². The van der Waals surface area contributed by atoms with E-state index in [2.05, 4.69) is 65.9 Å². The van der Waals surface area contributed by atoms with Crippen molar-refractivity contribution >= 4 is 0 Å². The summed E-state index contributed by atoms with van der Waals surface area (Å²) in [5.41, 5.74) is 0.205. The van der Waals surface area contributed by atoms with Gasteiger partial charge in [0.2, 0.25) is 0 Å². The molecule has 2 nitrogen and oxygen atoms in total. The molecule has 0 amide bonds. The van der Waals surface area contributed by atoms with Gasteiger partial charge >= 0.3 is 0 Å². The summed E-state index contributed by atoms with van der Waals surface area (Å²) in [6, 6.07) is 0.506. The van der Waals surface area contributed by atoms with Gasteiger partial charge < -0.3 is 10.1 Å². The molecular formula is C18H33NO. The van der Waals surface area contributed by atoms with Gasteiger partial charge in [-0.2, -0.15) is 0 Å². The highest BCUT2D eigenvalue weighted by Crippen LogP contribution is 2.47. The van der Waals surface area contributed by atoms with E-state index in [9.17, 15) is 0 Å². The van der Waals surface area contributed by atoms with E-state index >= 15 is 0 Å². The highest BCUT2D eigenvalue weighted by molar-refractivity contribution is 5.14. The van der Waals surface area contributed by atoms with E-state index in [0.717, 1.165) is 6.54 Å². The summed E-state index contributed by atoms with van der Waals surface area (Å²) in [4.78, 5) is 0. The normalized spacial score (nSPS) is 38.8. The van der Waals surface area contributed by atoms with Gasteiger partial charge in [-0.1, -0.05) is 46.8 Å². The molecule has 0 aromatic heterocycles. The smallest absolute Gasteiger partial charge is 0.0810 e. The monoisotopic (exact) mass is 279 g/mol. The molecule has 2 aliphatic rings. The molecule has 1 fully saturated rings. The first-order valence-corrected chi connectivity index (χ1v) is 8.24. The summed E-state index contributed by atoms with van der Waals surface area (Å²) in [7, 11) is 0. The Bertz CT molecular complexity index is 370. The second-order valence-electron chi connectivity index (χ2n) is 8.43. The molecule has 1 saturated carbocycles. The van der Waals surface area contributed by atoms with Crippen molar-refractivity contribution in [2.24, 2.45) is 23.2 Å². The van der Waals surface area contributed by atoms with E-state index < -0.39 is 0 Å². The molecule has 1 aliphatic carbocycles. The zero-order valence-electron chi connectivity index (χ0n) is 14.4. The molecule has 2 rings (SSSR count). The predicted molar refractivity (Wildman–Crippen MR) is 85.8 cm³/mol. The Kier molecular flexibility index (Phi) is 4.37. The van der Waals surface area contributed by atoms with Crippen molar-refractivity contribution in [2.75, 3.05) is 6.54 Å². The molecule has 0 spiro atoms. The summed E-state index contributed by atoms with van der Waals surface area (Å²) >= 11 is 0. The summed E-state index contributed by atoms with van der Waals surface area (Å²) in [6.45, 7) is 17.2. The van der Waals surface area contributed by atoms with Crippen LogP contribution in [0.5, 0.6) is 0 Å². The number of ether oxygens (including phenoxy) is 1. The van der Waals surface area contributed by atoms with Crippen LogP contribution in [-0.4, -0.2) is 24.3 Å². The van der Waals surface area contributed by atoms with Crippen LogP contribution >= 0.6 is 0 Å². The van der Waals surface area contributed by atoms with Crippen LogP contribution < -0.4 is 5.32 Å².